The van der Waals surface area contributed by atoms with E-state index in [-0.39, 0.29) is 0 Å². The van der Waals surface area contributed by atoms with E-state index in [0.29, 0.717) is 5.16 Å². The predicted octanol–water partition coefficient (Wildman–Crippen LogP) is 1.55. The molecule has 0 N–H and O–H groups in total. The summed E-state index contributed by atoms with van der Waals surface area (Å²) < 4.78 is 0. The third-order valence-corrected chi connectivity index (χ3v) is 4.77. The zero-order chi connectivity index (χ0) is 5.21. The van der Waals surface area contributed by atoms with Crippen molar-refractivity contribution in [1.29, 1.82) is 0 Å². The molecule has 0 saturated carbocycles. The fourth-order valence-corrected chi connectivity index (χ4v) is 0. The molecule has 0 aromatic heterocycles. The van der Waals surface area contributed by atoms with Crippen LogP contribution < -0.4 is 0 Å². The summed E-state index contributed by atoms with van der Waals surface area (Å²) in [5, 5.41) is 0.514. The molecule has 0 rings (SSSR count). The number of rotatable bonds is 0. The molecule has 2 heteroatoms. The predicted molar refractivity (Wildman–Crippen MR) is 33.8 cm³/mol. The summed E-state index contributed by atoms with van der Waals surface area (Å²) in [4.78, 5) is 0. The van der Waals surface area contributed by atoms with E-state index in [2.05, 4.69) is 35.9 Å². The molecule has 0 saturated heterocycles. The van der Waals surface area contributed by atoms with Crippen molar-refractivity contribution in [1.82, 2.24) is 0 Å². The third kappa shape index (κ3) is 4.82. The van der Waals surface area contributed by atoms with Crippen LogP contribution in [0.3, 0.4) is 0 Å². The maximum absolute atomic E-state index is 3.01. The van der Waals surface area contributed by atoms with Crippen molar-refractivity contribution in [2.75, 3.05) is 0 Å². The average molecular weight is 168 g/mol. The van der Waals surface area contributed by atoms with Gasteiger partial charge < -0.3 is 0 Å². The molecule has 0 aromatic carbocycles. The molecule has 36 valence electrons. The van der Waals surface area contributed by atoms with Gasteiger partial charge in [0.25, 0.3) is 0 Å². The molecule has 0 aliphatic rings. The topological polar surface area (TPSA) is 0 Å². The van der Waals surface area contributed by atoms with Crippen LogP contribution in [0.15, 0.2) is 0 Å². The second-order valence-electron chi connectivity index (χ2n) is 2.35. The Bertz CT molecular complexity index is 53.1. The zero-order valence-electron chi connectivity index (χ0n) is 4.41. The fraction of sp³-hybridized carbons (Fsp3) is 1.00. The minimum atomic E-state index is 0.514. The molecule has 0 bridgehead atoms. The molecule has 1 unspecified atom stereocenters. The van der Waals surface area contributed by atoms with Crippen molar-refractivity contribution in [2.45, 2.75) is 25.9 Å². The molecule has 0 nitrogen and oxygen atoms in total. The first-order valence-corrected chi connectivity index (χ1v) is 5.43. The minimum absolute atomic E-state index is 0.514. The van der Waals surface area contributed by atoms with Gasteiger partial charge in [0.2, 0.25) is 0 Å². The summed E-state index contributed by atoms with van der Waals surface area (Å²) in [6, 6.07) is 0. The van der Waals surface area contributed by atoms with Gasteiger partial charge in [-0.1, -0.05) is 0 Å². The van der Waals surface area contributed by atoms with Gasteiger partial charge in [-0.25, -0.2) is 0 Å². The first kappa shape index (κ1) is 6.82. The van der Waals surface area contributed by atoms with Crippen molar-refractivity contribution >= 4 is 21.9 Å². The van der Waals surface area contributed by atoms with Gasteiger partial charge in [0.05, 0.1) is 0 Å². The molecule has 1 atom stereocenters. The molecule has 6 heavy (non-hydrogen) atoms. The molecule has 0 spiro atoms. The van der Waals surface area contributed by atoms with Crippen LogP contribution in [0.1, 0.15) is 20.8 Å². The number of hydrogen-bond donors (Lipinski definition) is 0. The molecular formula is C4H10PSe+. The van der Waals surface area contributed by atoms with Gasteiger partial charge in [0.15, 0.2) is 0 Å². The Morgan fingerprint density at radius 2 is 1.50 bits per heavy atom. The van der Waals surface area contributed by atoms with E-state index in [1.54, 1.807) is 0 Å². The van der Waals surface area contributed by atoms with Crippen LogP contribution in [0.4, 0.5) is 0 Å². The molecule has 0 heterocycles. The summed E-state index contributed by atoms with van der Waals surface area (Å²) in [7, 11) is 0. The molecule has 0 aliphatic heterocycles. The van der Waals surface area contributed by atoms with Crippen molar-refractivity contribution < 1.29 is 0 Å². The second kappa shape index (κ2) is 2.21. The van der Waals surface area contributed by atoms with E-state index in [0.717, 1.165) is 6.83 Å². The van der Waals surface area contributed by atoms with Crippen molar-refractivity contribution in [3.63, 3.8) is 0 Å². The van der Waals surface area contributed by atoms with E-state index < -0.39 is 0 Å². The Hall–Kier alpha value is 0.819. The van der Waals surface area contributed by atoms with Gasteiger partial charge in [-0.15, -0.1) is 0 Å². The van der Waals surface area contributed by atoms with Crippen LogP contribution in [-0.2, 0) is 0 Å². The Kier molecular flexibility index (Phi) is 2.51. The summed E-state index contributed by atoms with van der Waals surface area (Å²) in [6.45, 7) is 7.61. The quantitative estimate of drug-likeness (QED) is 0.380. The van der Waals surface area contributed by atoms with Gasteiger partial charge in [-0.05, 0) is 0 Å². The fourth-order valence-electron chi connectivity index (χ4n) is 0. The Labute approximate surface area is 48.4 Å². The SMILES string of the molecule is CC(C)(C)[PH+]=[Se]. The molecular weight excluding hydrogens is 158 g/mol. The van der Waals surface area contributed by atoms with Gasteiger partial charge >= 0.3 is 47.9 Å². The van der Waals surface area contributed by atoms with E-state index >= 15 is 0 Å². The van der Waals surface area contributed by atoms with Crippen LogP contribution in [0.2, 0.25) is 0 Å². The Morgan fingerprint density at radius 1 is 1.33 bits per heavy atom. The maximum atomic E-state index is 3.01. The van der Waals surface area contributed by atoms with Crippen LogP contribution >= 0.6 is 6.83 Å². The van der Waals surface area contributed by atoms with Gasteiger partial charge in [-0.3, -0.25) is 0 Å². The van der Waals surface area contributed by atoms with Crippen LogP contribution in [0, 0.1) is 0 Å². The first-order chi connectivity index (χ1) is 2.56. The van der Waals surface area contributed by atoms with Crippen LogP contribution in [0.25, 0.3) is 0 Å². The standard InChI is InChI=1S/C4H9PSe/c1-4(2,3)5-6/h1-3H3/p+1. The molecule has 0 aromatic rings. The summed E-state index contributed by atoms with van der Waals surface area (Å²) >= 11 is 3.01. The molecule has 0 radical (unpaired) electrons. The second-order valence-corrected chi connectivity index (χ2v) is 5.34. The Balaban J connectivity index is 3.45. The molecule has 0 amide bonds. The molecule has 0 fully saturated rings. The normalized spacial score (nSPS) is 12.5. The van der Waals surface area contributed by atoms with E-state index in [1.165, 1.54) is 0 Å². The van der Waals surface area contributed by atoms with Crippen molar-refractivity contribution in [3.8, 4) is 0 Å². The Morgan fingerprint density at radius 3 is 1.50 bits per heavy atom. The van der Waals surface area contributed by atoms with Crippen molar-refractivity contribution in [3.05, 3.63) is 0 Å². The third-order valence-electron chi connectivity index (χ3n) is 0.306. The molecule has 0 aliphatic carbocycles. The average Bonchev–Trinajstić information content (AvgIpc) is 1.35. The van der Waals surface area contributed by atoms with Gasteiger partial charge in [0.1, 0.15) is 0 Å². The van der Waals surface area contributed by atoms with Gasteiger partial charge in [-0.2, -0.15) is 0 Å². The summed E-state index contributed by atoms with van der Waals surface area (Å²) in [5.41, 5.74) is 0. The monoisotopic (exact) mass is 169 g/mol. The first-order valence-electron chi connectivity index (χ1n) is 1.95. The summed E-state index contributed by atoms with van der Waals surface area (Å²) in [5.74, 6) is 0. The van der Waals surface area contributed by atoms with E-state index in [9.17, 15) is 0 Å². The zero-order valence-corrected chi connectivity index (χ0v) is 7.12. The van der Waals surface area contributed by atoms with Crippen LogP contribution in [-0.4, -0.2) is 20.3 Å². The van der Waals surface area contributed by atoms with Gasteiger partial charge in [0, 0.05) is 0 Å². The van der Waals surface area contributed by atoms with E-state index in [1.807, 2.05) is 0 Å². The summed E-state index contributed by atoms with van der Waals surface area (Å²) in [6.07, 6.45) is 0. The number of hydrogen-bond acceptors (Lipinski definition) is 0. The van der Waals surface area contributed by atoms with Crippen LogP contribution in [0.5, 0.6) is 0 Å². The van der Waals surface area contributed by atoms with Crippen molar-refractivity contribution in [2.24, 2.45) is 0 Å². The van der Waals surface area contributed by atoms with E-state index in [4.69, 9.17) is 0 Å².